The summed E-state index contributed by atoms with van der Waals surface area (Å²) in [4.78, 5) is 10.7. The highest BCUT2D eigenvalue weighted by Crippen LogP contribution is 2.29. The molecule has 0 aliphatic rings. The molecule has 0 amide bonds. The largest absolute Gasteiger partial charge is 0.494 e. The highest BCUT2D eigenvalue weighted by Gasteiger charge is 2.13. The number of hydrogen-bond donors (Lipinski definition) is 1. The number of ether oxygens (including phenoxy) is 1. The van der Waals surface area contributed by atoms with Crippen molar-refractivity contribution in [3.05, 3.63) is 58.1 Å². The molecule has 116 valence electrons. The zero-order valence-electron chi connectivity index (χ0n) is 12.8. The minimum absolute atomic E-state index is 0.0638. The Balaban J connectivity index is 2.11. The SMILES string of the molecule is CCCCOc1ccc(Nc2cc(C)ccc2[N+](=O)[O-])cc1. The van der Waals surface area contributed by atoms with Gasteiger partial charge in [-0.25, -0.2) is 0 Å². The normalized spacial score (nSPS) is 10.3. The van der Waals surface area contributed by atoms with Gasteiger partial charge in [0.05, 0.1) is 11.5 Å². The first-order valence-corrected chi connectivity index (χ1v) is 7.35. The van der Waals surface area contributed by atoms with Crippen molar-refractivity contribution < 1.29 is 9.66 Å². The second kappa shape index (κ2) is 7.45. The van der Waals surface area contributed by atoms with Crippen molar-refractivity contribution in [3.63, 3.8) is 0 Å². The van der Waals surface area contributed by atoms with Crippen LogP contribution in [0.25, 0.3) is 0 Å². The van der Waals surface area contributed by atoms with Crippen LogP contribution in [0.2, 0.25) is 0 Å². The van der Waals surface area contributed by atoms with Gasteiger partial charge in [-0.2, -0.15) is 0 Å². The maximum Gasteiger partial charge on any atom is 0.292 e. The maximum absolute atomic E-state index is 11.1. The lowest BCUT2D eigenvalue weighted by Gasteiger charge is -2.10. The predicted molar refractivity (Wildman–Crippen MR) is 88.0 cm³/mol. The molecule has 0 saturated heterocycles. The van der Waals surface area contributed by atoms with Crippen LogP contribution in [-0.4, -0.2) is 11.5 Å². The average molecular weight is 300 g/mol. The molecule has 0 heterocycles. The topological polar surface area (TPSA) is 64.4 Å². The molecule has 2 aromatic rings. The number of rotatable bonds is 7. The van der Waals surface area contributed by atoms with Gasteiger partial charge in [0.15, 0.2) is 0 Å². The summed E-state index contributed by atoms with van der Waals surface area (Å²) in [5.41, 5.74) is 2.31. The summed E-state index contributed by atoms with van der Waals surface area (Å²) >= 11 is 0. The second-order valence-corrected chi connectivity index (χ2v) is 5.13. The van der Waals surface area contributed by atoms with E-state index in [2.05, 4.69) is 12.2 Å². The van der Waals surface area contributed by atoms with Crippen LogP contribution in [0.3, 0.4) is 0 Å². The van der Waals surface area contributed by atoms with E-state index in [-0.39, 0.29) is 10.6 Å². The van der Waals surface area contributed by atoms with Gasteiger partial charge < -0.3 is 10.1 Å². The molecular weight excluding hydrogens is 280 g/mol. The lowest BCUT2D eigenvalue weighted by Crippen LogP contribution is -1.98. The molecule has 22 heavy (non-hydrogen) atoms. The van der Waals surface area contributed by atoms with E-state index in [0.29, 0.717) is 12.3 Å². The molecule has 0 bridgehead atoms. The van der Waals surface area contributed by atoms with E-state index in [1.165, 1.54) is 6.07 Å². The summed E-state index contributed by atoms with van der Waals surface area (Å²) in [6.45, 7) is 4.72. The molecule has 2 aromatic carbocycles. The summed E-state index contributed by atoms with van der Waals surface area (Å²) < 4.78 is 5.60. The lowest BCUT2D eigenvalue weighted by molar-refractivity contribution is -0.383. The van der Waals surface area contributed by atoms with Crippen molar-refractivity contribution in [3.8, 4) is 5.75 Å². The Labute approximate surface area is 130 Å². The highest BCUT2D eigenvalue weighted by atomic mass is 16.6. The van der Waals surface area contributed by atoms with Gasteiger partial charge in [-0.1, -0.05) is 19.4 Å². The fourth-order valence-electron chi connectivity index (χ4n) is 2.03. The molecule has 0 aliphatic heterocycles. The molecule has 0 aliphatic carbocycles. The molecule has 0 unspecified atom stereocenters. The molecule has 5 nitrogen and oxygen atoms in total. The van der Waals surface area contributed by atoms with Crippen LogP contribution in [0.4, 0.5) is 17.1 Å². The van der Waals surface area contributed by atoms with Crippen molar-refractivity contribution in [2.45, 2.75) is 26.7 Å². The third-order valence-electron chi connectivity index (χ3n) is 3.25. The Morgan fingerprint density at radius 1 is 1.18 bits per heavy atom. The van der Waals surface area contributed by atoms with Crippen molar-refractivity contribution in [2.75, 3.05) is 11.9 Å². The lowest BCUT2D eigenvalue weighted by atomic mass is 10.2. The monoisotopic (exact) mass is 300 g/mol. The van der Waals surface area contributed by atoms with Gasteiger partial charge in [-0.15, -0.1) is 0 Å². The third-order valence-corrected chi connectivity index (χ3v) is 3.25. The van der Waals surface area contributed by atoms with Gasteiger partial charge >= 0.3 is 0 Å². The molecule has 0 aromatic heterocycles. The van der Waals surface area contributed by atoms with E-state index in [1.54, 1.807) is 12.1 Å². The first-order valence-electron chi connectivity index (χ1n) is 7.35. The number of hydrogen-bond acceptors (Lipinski definition) is 4. The summed E-state index contributed by atoms with van der Waals surface area (Å²) in [5.74, 6) is 0.803. The molecular formula is C17H20N2O3. The number of nitro benzene ring substituents is 1. The smallest absolute Gasteiger partial charge is 0.292 e. The van der Waals surface area contributed by atoms with Gasteiger partial charge in [-0.05, 0) is 49.2 Å². The van der Waals surface area contributed by atoms with Crippen LogP contribution in [0, 0.1) is 17.0 Å². The van der Waals surface area contributed by atoms with Crippen molar-refractivity contribution in [1.29, 1.82) is 0 Å². The Bertz CT molecular complexity index is 639. The number of nitro groups is 1. The van der Waals surface area contributed by atoms with Crippen molar-refractivity contribution in [1.82, 2.24) is 0 Å². The average Bonchev–Trinajstić information content (AvgIpc) is 2.49. The summed E-state index contributed by atoms with van der Waals surface area (Å²) in [6, 6.07) is 12.4. The predicted octanol–water partition coefficient (Wildman–Crippen LogP) is 4.83. The van der Waals surface area contributed by atoms with E-state index >= 15 is 0 Å². The highest BCUT2D eigenvalue weighted by molar-refractivity contribution is 5.70. The Hall–Kier alpha value is -2.56. The number of nitrogens with one attached hydrogen (secondary N) is 1. The maximum atomic E-state index is 11.1. The minimum Gasteiger partial charge on any atom is -0.494 e. The van der Waals surface area contributed by atoms with E-state index in [9.17, 15) is 10.1 Å². The van der Waals surface area contributed by atoms with Crippen molar-refractivity contribution in [2.24, 2.45) is 0 Å². The number of aryl methyl sites for hydroxylation is 1. The van der Waals surface area contributed by atoms with Crippen LogP contribution < -0.4 is 10.1 Å². The number of anilines is 2. The fourth-order valence-corrected chi connectivity index (χ4v) is 2.03. The zero-order valence-corrected chi connectivity index (χ0v) is 12.8. The molecule has 0 fully saturated rings. The quantitative estimate of drug-likeness (QED) is 0.452. The van der Waals surface area contributed by atoms with E-state index in [4.69, 9.17) is 4.74 Å². The molecule has 0 radical (unpaired) electrons. The van der Waals surface area contributed by atoms with Gasteiger partial charge in [0.2, 0.25) is 0 Å². The fraction of sp³-hybridized carbons (Fsp3) is 0.294. The number of nitrogens with zero attached hydrogens (tertiary/aromatic N) is 1. The first-order chi connectivity index (χ1) is 10.6. The van der Waals surface area contributed by atoms with E-state index < -0.39 is 0 Å². The first kappa shape index (κ1) is 15.8. The standard InChI is InChI=1S/C17H20N2O3/c1-3-4-11-22-15-8-6-14(7-9-15)18-16-12-13(2)5-10-17(16)19(20)21/h5-10,12,18H,3-4,11H2,1-2H3. The van der Waals surface area contributed by atoms with Gasteiger partial charge in [0.1, 0.15) is 11.4 Å². The minimum atomic E-state index is -0.385. The molecule has 5 heteroatoms. The van der Waals surface area contributed by atoms with E-state index in [1.807, 2.05) is 31.2 Å². The number of unbranched alkanes of at least 4 members (excludes halogenated alkanes) is 1. The molecule has 0 atom stereocenters. The summed E-state index contributed by atoms with van der Waals surface area (Å²) in [5, 5.41) is 14.2. The molecule has 2 rings (SSSR count). The Kier molecular flexibility index (Phi) is 5.36. The van der Waals surface area contributed by atoms with Gasteiger partial charge in [0.25, 0.3) is 5.69 Å². The summed E-state index contributed by atoms with van der Waals surface area (Å²) in [6.07, 6.45) is 2.12. The van der Waals surface area contributed by atoms with Crippen molar-refractivity contribution >= 4 is 17.1 Å². The molecule has 0 saturated carbocycles. The summed E-state index contributed by atoms with van der Waals surface area (Å²) in [7, 11) is 0. The second-order valence-electron chi connectivity index (χ2n) is 5.13. The van der Waals surface area contributed by atoms with E-state index in [0.717, 1.165) is 29.8 Å². The Morgan fingerprint density at radius 3 is 2.55 bits per heavy atom. The zero-order chi connectivity index (χ0) is 15.9. The third kappa shape index (κ3) is 4.22. The Morgan fingerprint density at radius 2 is 1.91 bits per heavy atom. The van der Waals surface area contributed by atoms with Crippen LogP contribution in [0.15, 0.2) is 42.5 Å². The molecule has 1 N–H and O–H groups in total. The number of benzene rings is 2. The van der Waals surface area contributed by atoms with Crippen LogP contribution in [-0.2, 0) is 0 Å². The van der Waals surface area contributed by atoms with Crippen LogP contribution >= 0.6 is 0 Å². The van der Waals surface area contributed by atoms with Gasteiger partial charge in [0, 0.05) is 11.8 Å². The van der Waals surface area contributed by atoms with Gasteiger partial charge in [-0.3, -0.25) is 10.1 Å². The van der Waals surface area contributed by atoms with Crippen LogP contribution in [0.1, 0.15) is 25.3 Å². The van der Waals surface area contributed by atoms with Crippen LogP contribution in [0.5, 0.6) is 5.75 Å². The molecule has 0 spiro atoms.